The fourth-order valence-electron chi connectivity index (χ4n) is 2.85. The van der Waals surface area contributed by atoms with Crippen LogP contribution in [-0.2, 0) is 14.8 Å². The van der Waals surface area contributed by atoms with Crippen LogP contribution < -0.4 is 10.1 Å². The summed E-state index contributed by atoms with van der Waals surface area (Å²) in [6.07, 6.45) is 3.01. The van der Waals surface area contributed by atoms with Crippen LogP contribution in [0.3, 0.4) is 0 Å². The monoisotopic (exact) mass is 404 g/mol. The van der Waals surface area contributed by atoms with Crippen molar-refractivity contribution in [1.29, 1.82) is 0 Å². The van der Waals surface area contributed by atoms with Crippen molar-refractivity contribution in [3.8, 4) is 5.75 Å². The largest absolute Gasteiger partial charge is 0.423 e. The Morgan fingerprint density at radius 3 is 2.52 bits per heavy atom. The molecule has 0 bridgehead atoms. The molecule has 1 heterocycles. The first-order chi connectivity index (χ1) is 14.0. The van der Waals surface area contributed by atoms with Crippen LogP contribution in [0.25, 0.3) is 6.08 Å². The van der Waals surface area contributed by atoms with E-state index in [2.05, 4.69) is 9.71 Å². The van der Waals surface area contributed by atoms with E-state index < -0.39 is 16.0 Å². The number of nitrogens with one attached hydrogen (secondary N) is 1. The van der Waals surface area contributed by atoms with Crippen LogP contribution in [-0.4, -0.2) is 20.2 Å². The van der Waals surface area contributed by atoms with E-state index in [4.69, 9.17) is 4.74 Å². The molecule has 29 heavy (non-hydrogen) atoms. The topological polar surface area (TPSA) is 84.8 Å². The molecule has 0 atom stereocenters. The summed E-state index contributed by atoms with van der Waals surface area (Å²) in [5.41, 5.74) is 1.94. The zero-order valence-corrected chi connectivity index (χ0v) is 16.0. The highest BCUT2D eigenvalue weighted by Gasteiger charge is 2.28. The number of rotatable bonds is 4. The number of anilines is 1. The summed E-state index contributed by atoms with van der Waals surface area (Å²) in [4.78, 5) is 12.2. The number of hydrogen-bond acceptors (Lipinski definition) is 5. The van der Waals surface area contributed by atoms with Gasteiger partial charge in [0.2, 0.25) is 0 Å². The summed E-state index contributed by atoms with van der Waals surface area (Å²) in [6.45, 7) is 0. The number of esters is 1. The van der Waals surface area contributed by atoms with Crippen molar-refractivity contribution in [3.63, 3.8) is 0 Å². The van der Waals surface area contributed by atoms with Crippen LogP contribution in [0.4, 0.5) is 5.69 Å². The number of benzene rings is 3. The predicted octanol–water partition coefficient (Wildman–Crippen LogP) is 3.87. The number of ether oxygens (including phenoxy) is 1. The van der Waals surface area contributed by atoms with Gasteiger partial charge in [-0.15, -0.1) is 4.40 Å². The average Bonchev–Trinajstić information content (AvgIpc) is 2.98. The number of carbonyl (C=O) groups is 1. The predicted molar refractivity (Wildman–Crippen MR) is 111 cm³/mol. The molecule has 0 fully saturated rings. The molecule has 4 rings (SSSR count). The Morgan fingerprint density at radius 1 is 0.931 bits per heavy atom. The fourth-order valence-corrected chi connectivity index (χ4v) is 4.02. The highest BCUT2D eigenvalue weighted by molar-refractivity contribution is 7.90. The normalized spacial score (nSPS) is 14.3. The SMILES string of the molecule is O=C(/C=C/c1ccccc1)Oc1cccc(NC2=NS(=O)(=O)c3ccccc32)c1. The summed E-state index contributed by atoms with van der Waals surface area (Å²) in [7, 11) is -3.71. The molecule has 3 aromatic rings. The lowest BCUT2D eigenvalue weighted by Gasteiger charge is -2.08. The van der Waals surface area contributed by atoms with Crippen LogP contribution in [0.1, 0.15) is 11.1 Å². The lowest BCUT2D eigenvalue weighted by Crippen LogP contribution is -2.11. The molecule has 144 valence electrons. The van der Waals surface area contributed by atoms with Crippen LogP contribution >= 0.6 is 0 Å². The van der Waals surface area contributed by atoms with Gasteiger partial charge in [-0.2, -0.15) is 8.42 Å². The minimum atomic E-state index is -3.71. The Kier molecular flexibility index (Phi) is 4.97. The van der Waals surface area contributed by atoms with Crippen LogP contribution in [0.5, 0.6) is 5.75 Å². The maximum Gasteiger partial charge on any atom is 0.336 e. The van der Waals surface area contributed by atoms with E-state index in [1.807, 2.05) is 30.3 Å². The zero-order chi connectivity index (χ0) is 20.3. The second kappa shape index (κ2) is 7.73. The highest BCUT2D eigenvalue weighted by atomic mass is 32.2. The molecule has 0 amide bonds. The van der Waals surface area contributed by atoms with Crippen LogP contribution in [0.2, 0.25) is 0 Å². The lowest BCUT2D eigenvalue weighted by atomic mass is 10.2. The van der Waals surface area contributed by atoms with Crippen molar-refractivity contribution >= 4 is 33.6 Å². The van der Waals surface area contributed by atoms with Crippen LogP contribution in [0.15, 0.2) is 94.2 Å². The van der Waals surface area contributed by atoms with Crippen molar-refractivity contribution in [2.24, 2.45) is 4.40 Å². The van der Waals surface area contributed by atoms with Gasteiger partial charge in [0.25, 0.3) is 10.0 Å². The van der Waals surface area contributed by atoms with Crippen molar-refractivity contribution in [1.82, 2.24) is 0 Å². The summed E-state index contributed by atoms with van der Waals surface area (Å²) in [6, 6.07) is 22.7. The van der Waals surface area contributed by atoms with E-state index in [0.29, 0.717) is 17.0 Å². The second-order valence-electron chi connectivity index (χ2n) is 6.23. The molecule has 0 unspecified atom stereocenters. The minimum Gasteiger partial charge on any atom is -0.423 e. The Balaban J connectivity index is 1.49. The third-order valence-corrected chi connectivity index (χ3v) is 5.49. The van der Waals surface area contributed by atoms with E-state index in [1.54, 1.807) is 48.5 Å². The zero-order valence-electron chi connectivity index (χ0n) is 15.1. The lowest BCUT2D eigenvalue weighted by molar-refractivity contribution is -0.128. The Bertz CT molecular complexity index is 1230. The van der Waals surface area contributed by atoms with Gasteiger partial charge >= 0.3 is 5.97 Å². The third-order valence-electron chi connectivity index (χ3n) is 4.16. The van der Waals surface area contributed by atoms with E-state index in [-0.39, 0.29) is 10.7 Å². The van der Waals surface area contributed by atoms with Gasteiger partial charge in [-0.1, -0.05) is 48.5 Å². The van der Waals surface area contributed by atoms with Gasteiger partial charge in [-0.3, -0.25) is 0 Å². The van der Waals surface area contributed by atoms with Crippen LogP contribution in [0, 0.1) is 0 Å². The number of hydrogen-bond donors (Lipinski definition) is 1. The number of sulfonamides is 1. The summed E-state index contributed by atoms with van der Waals surface area (Å²) < 4.78 is 33.4. The molecule has 0 spiro atoms. The first-order valence-electron chi connectivity index (χ1n) is 8.78. The van der Waals surface area contributed by atoms with Gasteiger partial charge in [-0.05, 0) is 35.9 Å². The van der Waals surface area contributed by atoms with Gasteiger partial charge in [-0.25, -0.2) is 4.79 Å². The Morgan fingerprint density at radius 2 is 1.69 bits per heavy atom. The van der Waals surface area contributed by atoms with E-state index in [0.717, 1.165) is 5.56 Å². The average molecular weight is 404 g/mol. The summed E-state index contributed by atoms with van der Waals surface area (Å²) in [5.74, 6) is 0.0395. The van der Waals surface area contributed by atoms with Crippen molar-refractivity contribution < 1.29 is 17.9 Å². The maximum atomic E-state index is 12.2. The highest BCUT2D eigenvalue weighted by Crippen LogP contribution is 2.27. The number of fused-ring (bicyclic) bond motifs is 1. The number of amidine groups is 1. The molecule has 1 aliphatic heterocycles. The van der Waals surface area contributed by atoms with Gasteiger partial charge in [0.15, 0.2) is 5.84 Å². The molecule has 0 saturated heterocycles. The molecule has 1 aliphatic rings. The molecule has 7 heteroatoms. The Labute approximate surface area is 168 Å². The summed E-state index contributed by atoms with van der Waals surface area (Å²) >= 11 is 0. The molecule has 0 radical (unpaired) electrons. The van der Waals surface area contributed by atoms with Crippen molar-refractivity contribution in [3.05, 3.63) is 96.1 Å². The van der Waals surface area contributed by atoms with Crippen molar-refractivity contribution in [2.45, 2.75) is 4.90 Å². The first kappa shape index (κ1) is 18.6. The molecule has 0 aliphatic carbocycles. The van der Waals surface area contributed by atoms with Gasteiger partial charge in [0.05, 0.1) is 0 Å². The molecule has 3 aromatic carbocycles. The smallest absolute Gasteiger partial charge is 0.336 e. The first-order valence-corrected chi connectivity index (χ1v) is 10.2. The summed E-state index contributed by atoms with van der Waals surface area (Å²) in [5, 5.41) is 2.99. The standard InChI is InChI=1S/C22H16N2O4S/c25-21(14-13-16-7-2-1-3-8-16)28-18-10-6-9-17(15-18)23-22-19-11-4-5-12-20(19)29(26,27)24-22/h1-15H,(H,23,24)/b14-13+. The quantitative estimate of drug-likeness (QED) is 0.405. The van der Waals surface area contributed by atoms with E-state index in [9.17, 15) is 13.2 Å². The fraction of sp³-hybridized carbons (Fsp3) is 0. The van der Waals surface area contributed by atoms with Gasteiger partial charge in [0.1, 0.15) is 10.6 Å². The van der Waals surface area contributed by atoms with E-state index >= 15 is 0 Å². The van der Waals surface area contributed by atoms with Gasteiger partial charge < -0.3 is 10.1 Å². The molecular weight excluding hydrogens is 388 g/mol. The van der Waals surface area contributed by atoms with E-state index in [1.165, 1.54) is 12.1 Å². The number of nitrogens with zero attached hydrogens (tertiary/aromatic N) is 1. The molecule has 1 N–H and O–H groups in total. The molecule has 0 saturated carbocycles. The maximum absolute atomic E-state index is 12.2. The molecule has 6 nitrogen and oxygen atoms in total. The van der Waals surface area contributed by atoms with Crippen molar-refractivity contribution in [2.75, 3.05) is 5.32 Å². The molecule has 0 aromatic heterocycles. The third kappa shape index (κ3) is 4.25. The second-order valence-corrected chi connectivity index (χ2v) is 7.80. The minimum absolute atomic E-state index is 0.163. The number of carbonyl (C=O) groups excluding carboxylic acids is 1. The van der Waals surface area contributed by atoms with Gasteiger partial charge in [0, 0.05) is 23.4 Å². The molecular formula is C22H16N2O4S. The Hall–Kier alpha value is -3.71.